The lowest BCUT2D eigenvalue weighted by atomic mass is 9.91. The lowest BCUT2D eigenvalue weighted by Crippen LogP contribution is -2.49. The van der Waals surface area contributed by atoms with Crippen LogP contribution in [0, 0.1) is 13.8 Å². The molecule has 0 spiro atoms. The number of rotatable bonds is 5. The molecule has 4 nitrogen and oxygen atoms in total. The molecule has 1 unspecified atom stereocenters. The second kappa shape index (κ2) is 7.05. The third-order valence-electron chi connectivity index (χ3n) is 4.31. The van der Waals surface area contributed by atoms with E-state index in [1.165, 1.54) is 0 Å². The maximum atomic E-state index is 12.8. The van der Waals surface area contributed by atoms with Gasteiger partial charge in [-0.3, -0.25) is 4.79 Å². The van der Waals surface area contributed by atoms with Gasteiger partial charge in [0.25, 0.3) is 0 Å². The molecule has 1 atom stereocenters. The molecule has 0 aliphatic heterocycles. The smallest absolute Gasteiger partial charge is 0.247 e. The number of aryl methyl sites for hydroxylation is 2. The van der Waals surface area contributed by atoms with Crippen molar-refractivity contribution >= 4 is 5.91 Å². The molecule has 24 heavy (non-hydrogen) atoms. The SMILES string of the molecule is COc1c(C)cc(CN(C)C(=O)C(C)(N)c2ccccc2)cc1C. The maximum absolute atomic E-state index is 12.8. The van der Waals surface area contributed by atoms with Gasteiger partial charge in [0.15, 0.2) is 0 Å². The molecule has 2 rings (SSSR count). The number of ether oxygens (including phenoxy) is 1. The van der Waals surface area contributed by atoms with Gasteiger partial charge in [-0.2, -0.15) is 0 Å². The van der Waals surface area contributed by atoms with Gasteiger partial charge in [0.1, 0.15) is 11.3 Å². The molecular formula is C20H26N2O2. The highest BCUT2D eigenvalue weighted by atomic mass is 16.5. The van der Waals surface area contributed by atoms with Gasteiger partial charge in [-0.1, -0.05) is 42.5 Å². The van der Waals surface area contributed by atoms with Crippen molar-refractivity contribution in [2.45, 2.75) is 32.9 Å². The van der Waals surface area contributed by atoms with Crippen LogP contribution in [0.2, 0.25) is 0 Å². The second-order valence-electron chi connectivity index (χ2n) is 6.49. The fraction of sp³-hybridized carbons (Fsp3) is 0.350. The van der Waals surface area contributed by atoms with Gasteiger partial charge >= 0.3 is 0 Å². The Morgan fingerprint density at radius 1 is 1.17 bits per heavy atom. The van der Waals surface area contributed by atoms with Crippen molar-refractivity contribution in [1.82, 2.24) is 4.90 Å². The molecule has 2 N–H and O–H groups in total. The van der Waals surface area contributed by atoms with E-state index in [2.05, 4.69) is 0 Å². The Hall–Kier alpha value is -2.33. The minimum Gasteiger partial charge on any atom is -0.496 e. The number of benzene rings is 2. The Morgan fingerprint density at radius 2 is 1.71 bits per heavy atom. The minimum absolute atomic E-state index is 0.111. The van der Waals surface area contributed by atoms with Crippen LogP contribution in [0.15, 0.2) is 42.5 Å². The van der Waals surface area contributed by atoms with Crippen LogP contribution in [0.5, 0.6) is 5.75 Å². The largest absolute Gasteiger partial charge is 0.496 e. The molecule has 1 amide bonds. The van der Waals surface area contributed by atoms with E-state index in [9.17, 15) is 4.79 Å². The van der Waals surface area contributed by atoms with Crippen molar-refractivity contribution in [3.63, 3.8) is 0 Å². The number of nitrogens with two attached hydrogens (primary N) is 1. The second-order valence-corrected chi connectivity index (χ2v) is 6.49. The van der Waals surface area contributed by atoms with Crippen LogP contribution in [0.3, 0.4) is 0 Å². The maximum Gasteiger partial charge on any atom is 0.247 e. The molecule has 0 aliphatic carbocycles. The van der Waals surface area contributed by atoms with Crippen molar-refractivity contribution in [3.8, 4) is 5.75 Å². The molecule has 4 heteroatoms. The quantitative estimate of drug-likeness (QED) is 0.918. The van der Waals surface area contributed by atoms with Crippen molar-refractivity contribution in [2.24, 2.45) is 5.73 Å². The van der Waals surface area contributed by atoms with Crippen LogP contribution >= 0.6 is 0 Å². The zero-order valence-corrected chi connectivity index (χ0v) is 15.1. The van der Waals surface area contributed by atoms with Gasteiger partial charge in [0.2, 0.25) is 5.91 Å². The standard InChI is InChI=1S/C20H26N2O2/c1-14-11-16(12-15(2)18(14)24-5)13-22(4)19(23)20(3,21)17-9-7-6-8-10-17/h6-12H,13,21H2,1-5H3. The Bertz CT molecular complexity index is 701. The summed E-state index contributed by atoms with van der Waals surface area (Å²) in [7, 11) is 3.45. The van der Waals surface area contributed by atoms with E-state index in [1.54, 1.807) is 26.0 Å². The van der Waals surface area contributed by atoms with Gasteiger partial charge in [0, 0.05) is 13.6 Å². The molecule has 128 valence electrons. The third-order valence-corrected chi connectivity index (χ3v) is 4.31. The molecule has 0 saturated heterocycles. The number of nitrogens with zero attached hydrogens (tertiary/aromatic N) is 1. The van der Waals surface area contributed by atoms with Crippen LogP contribution in [0.25, 0.3) is 0 Å². The number of hydrogen-bond acceptors (Lipinski definition) is 3. The first-order chi connectivity index (χ1) is 11.3. The highest BCUT2D eigenvalue weighted by Crippen LogP contribution is 2.26. The third kappa shape index (κ3) is 3.60. The zero-order valence-electron chi connectivity index (χ0n) is 15.1. The zero-order chi connectivity index (χ0) is 17.9. The molecule has 0 heterocycles. The van der Waals surface area contributed by atoms with Gasteiger partial charge in [-0.05, 0) is 43.0 Å². The fourth-order valence-corrected chi connectivity index (χ4v) is 3.10. The van der Waals surface area contributed by atoms with Gasteiger partial charge in [-0.15, -0.1) is 0 Å². The lowest BCUT2D eigenvalue weighted by Gasteiger charge is -2.30. The van der Waals surface area contributed by atoms with E-state index in [-0.39, 0.29) is 5.91 Å². The van der Waals surface area contributed by atoms with Gasteiger partial charge < -0.3 is 15.4 Å². The average molecular weight is 326 g/mol. The number of carbonyl (C=O) groups is 1. The summed E-state index contributed by atoms with van der Waals surface area (Å²) < 4.78 is 5.39. The van der Waals surface area contributed by atoms with Crippen LogP contribution in [0.1, 0.15) is 29.2 Å². The Morgan fingerprint density at radius 3 is 2.21 bits per heavy atom. The number of hydrogen-bond donors (Lipinski definition) is 1. The number of likely N-dealkylation sites (N-methyl/N-ethyl adjacent to an activating group) is 1. The molecule has 0 aliphatic rings. The summed E-state index contributed by atoms with van der Waals surface area (Å²) >= 11 is 0. The first kappa shape index (κ1) is 18.0. The molecule has 2 aromatic rings. The molecule has 0 radical (unpaired) electrons. The molecule has 2 aromatic carbocycles. The van der Waals surface area contributed by atoms with Crippen molar-refractivity contribution < 1.29 is 9.53 Å². The van der Waals surface area contributed by atoms with E-state index in [0.717, 1.165) is 28.0 Å². The Kier molecular flexibility index (Phi) is 5.30. The molecule has 0 aromatic heterocycles. The molecule has 0 saturated carbocycles. The van der Waals surface area contributed by atoms with Crippen molar-refractivity contribution in [2.75, 3.05) is 14.2 Å². The van der Waals surface area contributed by atoms with Crippen LogP contribution in [-0.2, 0) is 16.9 Å². The summed E-state index contributed by atoms with van der Waals surface area (Å²) in [4.78, 5) is 14.5. The molecule has 0 bridgehead atoms. The van der Waals surface area contributed by atoms with Gasteiger partial charge in [0.05, 0.1) is 7.11 Å². The predicted octanol–water partition coefficient (Wildman–Crippen LogP) is 3.14. The fourth-order valence-electron chi connectivity index (χ4n) is 3.10. The number of methoxy groups -OCH3 is 1. The lowest BCUT2D eigenvalue weighted by molar-refractivity contribution is -0.136. The molecule has 0 fully saturated rings. The van der Waals surface area contributed by atoms with E-state index < -0.39 is 5.54 Å². The topological polar surface area (TPSA) is 55.6 Å². The summed E-state index contributed by atoms with van der Waals surface area (Å²) in [6.45, 7) is 6.28. The first-order valence-electron chi connectivity index (χ1n) is 8.01. The average Bonchev–Trinajstić information content (AvgIpc) is 2.54. The monoisotopic (exact) mass is 326 g/mol. The first-order valence-corrected chi connectivity index (χ1v) is 8.01. The van der Waals surface area contributed by atoms with Crippen LogP contribution in [0.4, 0.5) is 0 Å². The number of amides is 1. The van der Waals surface area contributed by atoms with Crippen molar-refractivity contribution in [1.29, 1.82) is 0 Å². The predicted molar refractivity (Wildman–Crippen MR) is 96.9 cm³/mol. The minimum atomic E-state index is -1.05. The van der Waals surface area contributed by atoms with E-state index in [4.69, 9.17) is 10.5 Å². The normalized spacial score (nSPS) is 13.2. The summed E-state index contributed by atoms with van der Waals surface area (Å²) in [5, 5.41) is 0. The molecular weight excluding hydrogens is 300 g/mol. The van der Waals surface area contributed by atoms with Crippen molar-refractivity contribution in [3.05, 3.63) is 64.7 Å². The summed E-state index contributed by atoms with van der Waals surface area (Å²) in [6.07, 6.45) is 0. The van der Waals surface area contributed by atoms with E-state index in [0.29, 0.717) is 6.54 Å². The van der Waals surface area contributed by atoms with E-state index in [1.807, 2.05) is 56.3 Å². The Labute approximate surface area is 144 Å². The highest BCUT2D eigenvalue weighted by molar-refractivity contribution is 5.86. The number of carbonyl (C=O) groups excluding carboxylic acids is 1. The Balaban J connectivity index is 2.20. The van der Waals surface area contributed by atoms with Gasteiger partial charge in [-0.25, -0.2) is 0 Å². The van der Waals surface area contributed by atoms with Crippen LogP contribution in [-0.4, -0.2) is 25.0 Å². The summed E-state index contributed by atoms with van der Waals surface area (Å²) in [5.74, 6) is 0.778. The summed E-state index contributed by atoms with van der Waals surface area (Å²) in [6, 6.07) is 13.6. The van der Waals surface area contributed by atoms with Crippen LogP contribution < -0.4 is 10.5 Å². The highest BCUT2D eigenvalue weighted by Gasteiger charge is 2.33. The summed E-state index contributed by atoms with van der Waals surface area (Å²) in [5.41, 5.74) is 9.28. The van der Waals surface area contributed by atoms with E-state index >= 15 is 0 Å².